The highest BCUT2D eigenvalue weighted by Crippen LogP contribution is 2.31. The van der Waals surface area contributed by atoms with Crippen molar-refractivity contribution in [3.05, 3.63) is 48.2 Å². The molecule has 1 aromatic heterocycles. The fourth-order valence-corrected chi connectivity index (χ4v) is 3.17. The Labute approximate surface area is 155 Å². The number of hydrogen-bond acceptors (Lipinski definition) is 3. The van der Waals surface area contributed by atoms with Crippen molar-refractivity contribution in [2.75, 3.05) is 23.0 Å². The summed E-state index contributed by atoms with van der Waals surface area (Å²) in [5.41, 5.74) is 2.45. The highest BCUT2D eigenvalue weighted by Gasteiger charge is 2.23. The van der Waals surface area contributed by atoms with Gasteiger partial charge in [-0.2, -0.15) is 0 Å². The van der Waals surface area contributed by atoms with E-state index in [0.29, 0.717) is 21.9 Å². The minimum Gasteiger partial charge on any atom is -0.479 e. The van der Waals surface area contributed by atoms with E-state index in [1.165, 1.54) is 0 Å². The Bertz CT molecular complexity index is 736. The van der Waals surface area contributed by atoms with Gasteiger partial charge in [0, 0.05) is 24.8 Å². The first-order valence-electron chi connectivity index (χ1n) is 7.92. The van der Waals surface area contributed by atoms with E-state index >= 15 is 0 Å². The summed E-state index contributed by atoms with van der Waals surface area (Å²) < 4.78 is 6.18. The number of anilines is 2. The first-order valence-corrected chi connectivity index (χ1v) is 9.45. The molecule has 0 saturated carbocycles. The molecule has 1 aliphatic heterocycles. The Morgan fingerprint density at radius 2 is 2.12 bits per heavy atom. The van der Waals surface area contributed by atoms with Gasteiger partial charge in [0.15, 0.2) is 11.6 Å². The van der Waals surface area contributed by atoms with Crippen molar-refractivity contribution < 1.29 is 9.53 Å². The molecule has 2 heterocycles. The zero-order valence-electron chi connectivity index (χ0n) is 13.3. The van der Waals surface area contributed by atoms with Gasteiger partial charge < -0.3 is 19.9 Å². The lowest BCUT2D eigenvalue weighted by Crippen LogP contribution is -2.27. The molecule has 5 nitrogen and oxygen atoms in total. The number of aromatic nitrogens is 1. The second-order valence-corrected chi connectivity index (χ2v) is 6.21. The molecule has 0 unspecified atom stereocenters. The molecular weight excluding hydrogens is 417 g/mol. The van der Waals surface area contributed by atoms with Crippen LogP contribution in [0.1, 0.15) is 28.9 Å². The summed E-state index contributed by atoms with van der Waals surface area (Å²) in [5.74, 6) is 1.35. The number of likely N-dealkylation sites (tertiary alicyclic amines) is 1. The first kappa shape index (κ1) is 16.9. The molecule has 3 rings (SSSR count). The number of carbonyl (C=O) groups is 1. The summed E-state index contributed by atoms with van der Waals surface area (Å²) in [6.07, 6.45) is 3.93. The molecule has 2 aromatic rings. The smallest absolute Gasteiger partial charge is 0.270 e. The maximum absolute atomic E-state index is 12.6. The van der Waals surface area contributed by atoms with E-state index in [4.69, 9.17) is 4.74 Å². The van der Waals surface area contributed by atoms with Gasteiger partial charge in [-0.3, -0.25) is 4.79 Å². The minimum atomic E-state index is 0.0239. The van der Waals surface area contributed by atoms with Crippen molar-refractivity contribution in [3.63, 3.8) is 0 Å². The standard InChI is InChI=1S/C18H20IN3O2/c1-2-13-7-3-4-8-14(13)20-17-16(24-12-19)11-15(21-17)18(23)22-9-5-6-10-22/h2-4,7-8,11,20-21H,1,5-6,9-10,12H2. The van der Waals surface area contributed by atoms with Gasteiger partial charge in [-0.15, -0.1) is 0 Å². The summed E-state index contributed by atoms with van der Waals surface area (Å²) in [6, 6.07) is 9.63. The molecule has 0 bridgehead atoms. The SMILES string of the molecule is C=Cc1ccccc1Nc1[nH]c(C(=O)N2CCCC2)cc1OCI. The predicted octanol–water partition coefficient (Wildman–Crippen LogP) is 4.41. The molecule has 24 heavy (non-hydrogen) atoms. The van der Waals surface area contributed by atoms with Gasteiger partial charge in [0.1, 0.15) is 10.3 Å². The Balaban J connectivity index is 1.88. The normalized spacial score (nSPS) is 13.8. The average Bonchev–Trinajstić information content (AvgIpc) is 3.26. The highest BCUT2D eigenvalue weighted by molar-refractivity contribution is 14.1. The molecule has 0 spiro atoms. The molecule has 0 radical (unpaired) electrons. The van der Waals surface area contributed by atoms with Gasteiger partial charge in [0.2, 0.25) is 0 Å². The Morgan fingerprint density at radius 1 is 1.38 bits per heavy atom. The summed E-state index contributed by atoms with van der Waals surface area (Å²) in [7, 11) is 0. The Hall–Kier alpha value is -1.96. The molecule has 1 saturated heterocycles. The van der Waals surface area contributed by atoms with Crippen LogP contribution in [0.3, 0.4) is 0 Å². The van der Waals surface area contributed by atoms with E-state index < -0.39 is 0 Å². The van der Waals surface area contributed by atoms with Crippen LogP contribution in [0, 0.1) is 0 Å². The number of ether oxygens (including phenoxy) is 1. The second kappa shape index (κ2) is 7.74. The van der Waals surface area contributed by atoms with Gasteiger partial charge in [-0.25, -0.2) is 0 Å². The van der Waals surface area contributed by atoms with Gasteiger partial charge in [0.25, 0.3) is 5.91 Å². The number of para-hydroxylation sites is 1. The lowest BCUT2D eigenvalue weighted by molar-refractivity contribution is 0.0787. The van der Waals surface area contributed by atoms with E-state index in [1.807, 2.05) is 29.2 Å². The van der Waals surface area contributed by atoms with Crippen LogP contribution in [0.5, 0.6) is 5.75 Å². The second-order valence-electron chi connectivity index (χ2n) is 5.59. The van der Waals surface area contributed by atoms with Crippen LogP contribution in [0.2, 0.25) is 0 Å². The molecular formula is C18H20IN3O2. The van der Waals surface area contributed by atoms with Crippen molar-refractivity contribution >= 4 is 46.1 Å². The Morgan fingerprint density at radius 3 is 2.83 bits per heavy atom. The summed E-state index contributed by atoms with van der Waals surface area (Å²) in [6.45, 7) is 5.48. The number of aromatic amines is 1. The molecule has 6 heteroatoms. The zero-order valence-corrected chi connectivity index (χ0v) is 15.5. The quantitative estimate of drug-likeness (QED) is 0.520. The number of nitrogens with one attached hydrogen (secondary N) is 2. The van der Waals surface area contributed by atoms with Crippen molar-refractivity contribution in [2.45, 2.75) is 12.8 Å². The number of rotatable bonds is 6. The van der Waals surface area contributed by atoms with Gasteiger partial charge >= 0.3 is 0 Å². The van der Waals surface area contributed by atoms with E-state index in [1.54, 1.807) is 12.1 Å². The molecule has 1 amide bonds. The van der Waals surface area contributed by atoms with E-state index in [9.17, 15) is 4.79 Å². The fourth-order valence-electron chi connectivity index (χ4n) is 2.83. The monoisotopic (exact) mass is 437 g/mol. The topological polar surface area (TPSA) is 57.4 Å². The van der Waals surface area contributed by atoms with Crippen molar-refractivity contribution in [3.8, 4) is 5.75 Å². The van der Waals surface area contributed by atoms with Crippen LogP contribution in [-0.4, -0.2) is 33.5 Å². The average molecular weight is 437 g/mol. The molecule has 1 fully saturated rings. The maximum atomic E-state index is 12.6. The number of nitrogens with zero attached hydrogens (tertiary/aromatic N) is 1. The zero-order chi connectivity index (χ0) is 16.9. The number of alkyl halides is 1. The summed E-state index contributed by atoms with van der Waals surface area (Å²) in [4.78, 5) is 17.6. The van der Waals surface area contributed by atoms with Gasteiger partial charge in [-0.1, -0.05) is 30.9 Å². The molecule has 126 valence electrons. The lowest BCUT2D eigenvalue weighted by atomic mass is 10.2. The number of carbonyl (C=O) groups excluding carboxylic acids is 1. The van der Waals surface area contributed by atoms with Crippen LogP contribution >= 0.6 is 22.6 Å². The van der Waals surface area contributed by atoms with E-state index in [2.05, 4.69) is 39.5 Å². The van der Waals surface area contributed by atoms with Crippen LogP contribution in [0.4, 0.5) is 11.5 Å². The third-order valence-electron chi connectivity index (χ3n) is 4.06. The first-order chi connectivity index (χ1) is 11.7. The highest BCUT2D eigenvalue weighted by atomic mass is 127. The number of H-pyrrole nitrogens is 1. The molecule has 1 aliphatic rings. The molecule has 2 N–H and O–H groups in total. The van der Waals surface area contributed by atoms with Crippen LogP contribution in [-0.2, 0) is 0 Å². The van der Waals surface area contributed by atoms with Crippen molar-refractivity contribution in [1.82, 2.24) is 9.88 Å². The Kier molecular flexibility index (Phi) is 5.44. The number of hydrogen-bond donors (Lipinski definition) is 2. The van der Waals surface area contributed by atoms with Crippen molar-refractivity contribution in [1.29, 1.82) is 0 Å². The molecule has 0 aliphatic carbocycles. The van der Waals surface area contributed by atoms with Crippen molar-refractivity contribution in [2.24, 2.45) is 0 Å². The number of halogens is 1. The third kappa shape index (κ3) is 3.58. The van der Waals surface area contributed by atoms with Crippen LogP contribution in [0.15, 0.2) is 36.9 Å². The summed E-state index contributed by atoms with van der Waals surface area (Å²) in [5, 5.41) is 3.32. The third-order valence-corrected chi connectivity index (χ3v) is 4.37. The fraction of sp³-hybridized carbons (Fsp3) is 0.278. The molecule has 0 atom stereocenters. The van der Waals surface area contributed by atoms with Crippen LogP contribution in [0.25, 0.3) is 6.08 Å². The predicted molar refractivity (Wildman–Crippen MR) is 105 cm³/mol. The van der Waals surface area contributed by atoms with Gasteiger partial charge in [-0.05, 0) is 47.1 Å². The maximum Gasteiger partial charge on any atom is 0.270 e. The van der Waals surface area contributed by atoms with E-state index in [0.717, 1.165) is 37.2 Å². The minimum absolute atomic E-state index is 0.0239. The van der Waals surface area contributed by atoms with E-state index in [-0.39, 0.29) is 5.91 Å². The largest absolute Gasteiger partial charge is 0.479 e. The molecule has 1 aromatic carbocycles. The lowest BCUT2D eigenvalue weighted by Gasteiger charge is -2.13. The number of benzene rings is 1. The summed E-state index contributed by atoms with van der Waals surface area (Å²) >= 11 is 2.14. The van der Waals surface area contributed by atoms with Gasteiger partial charge in [0.05, 0.1) is 0 Å². The number of amides is 1. The van der Waals surface area contributed by atoms with Crippen LogP contribution < -0.4 is 10.1 Å².